The monoisotopic (exact) mass is 386 g/mol. The van der Waals surface area contributed by atoms with Crippen LogP contribution in [0.2, 0.25) is 0 Å². The number of anilines is 1. The van der Waals surface area contributed by atoms with Crippen molar-refractivity contribution < 1.29 is 19.1 Å². The zero-order chi connectivity index (χ0) is 20.1. The number of benzene rings is 1. The summed E-state index contributed by atoms with van der Waals surface area (Å²) in [6, 6.07) is 7.05. The van der Waals surface area contributed by atoms with Gasteiger partial charge in [0.15, 0.2) is 17.2 Å². The number of carbonyl (C=O) groups excluding carboxylic acids is 2. The fraction of sp³-hybridized carbons (Fsp3) is 0.450. The molecule has 0 unspecified atom stereocenters. The second-order valence-electron chi connectivity index (χ2n) is 6.88. The third kappa shape index (κ3) is 4.44. The Bertz CT molecular complexity index is 856. The molecular weight excluding hydrogens is 360 g/mol. The first kappa shape index (κ1) is 19.7. The first-order valence-electron chi connectivity index (χ1n) is 9.36. The van der Waals surface area contributed by atoms with E-state index in [1.165, 1.54) is 4.68 Å². The van der Waals surface area contributed by atoms with Crippen LogP contribution >= 0.6 is 0 Å². The smallest absolute Gasteiger partial charge is 0.272 e. The number of aromatic nitrogens is 2. The highest BCUT2D eigenvalue weighted by Crippen LogP contribution is 2.28. The maximum Gasteiger partial charge on any atom is 0.272 e. The van der Waals surface area contributed by atoms with E-state index in [-0.39, 0.29) is 23.4 Å². The molecule has 2 N–H and O–H groups in total. The Labute approximate surface area is 164 Å². The molecule has 0 bridgehead atoms. The predicted octanol–water partition coefficient (Wildman–Crippen LogP) is 2.50. The number of carbonyl (C=O) groups is 2. The van der Waals surface area contributed by atoms with Gasteiger partial charge in [-0.2, -0.15) is 5.10 Å². The van der Waals surface area contributed by atoms with Gasteiger partial charge in [-0.05, 0) is 30.5 Å². The number of hydrogen-bond acceptors (Lipinski definition) is 5. The van der Waals surface area contributed by atoms with Crippen molar-refractivity contribution in [2.24, 2.45) is 13.0 Å². The summed E-state index contributed by atoms with van der Waals surface area (Å²) < 4.78 is 12.0. The molecule has 0 aliphatic heterocycles. The Morgan fingerprint density at radius 2 is 1.86 bits per heavy atom. The number of nitrogens with zero attached hydrogens (tertiary/aromatic N) is 2. The summed E-state index contributed by atoms with van der Waals surface area (Å²) in [5, 5.41) is 9.92. The molecule has 0 radical (unpaired) electrons. The topological polar surface area (TPSA) is 94.5 Å². The molecule has 1 aliphatic carbocycles. The number of amides is 2. The molecule has 8 heteroatoms. The molecule has 1 saturated carbocycles. The largest absolute Gasteiger partial charge is 0.493 e. The van der Waals surface area contributed by atoms with Crippen LogP contribution < -0.4 is 20.1 Å². The van der Waals surface area contributed by atoms with E-state index in [0.717, 1.165) is 31.2 Å². The number of hydrogen-bond donors (Lipinski definition) is 2. The molecule has 1 fully saturated rings. The maximum absolute atomic E-state index is 12.4. The van der Waals surface area contributed by atoms with Gasteiger partial charge in [-0.3, -0.25) is 14.3 Å². The third-order valence-electron chi connectivity index (χ3n) is 4.99. The fourth-order valence-corrected chi connectivity index (χ4v) is 3.37. The lowest BCUT2D eigenvalue weighted by molar-refractivity contribution is -0.119. The van der Waals surface area contributed by atoms with Crippen molar-refractivity contribution in [1.29, 1.82) is 0 Å². The highest BCUT2D eigenvalue weighted by Gasteiger charge is 2.24. The molecule has 0 saturated heterocycles. The van der Waals surface area contributed by atoms with Crippen LogP contribution in [-0.2, 0) is 18.4 Å². The molecule has 1 aromatic carbocycles. The molecule has 28 heavy (non-hydrogen) atoms. The summed E-state index contributed by atoms with van der Waals surface area (Å²) in [4.78, 5) is 24.7. The Balaban J connectivity index is 1.61. The number of aryl methyl sites for hydroxylation is 1. The first-order chi connectivity index (χ1) is 13.5. The Morgan fingerprint density at radius 1 is 1.14 bits per heavy atom. The van der Waals surface area contributed by atoms with E-state index in [9.17, 15) is 9.59 Å². The molecule has 8 nitrogen and oxygen atoms in total. The number of rotatable bonds is 7. The first-order valence-corrected chi connectivity index (χ1v) is 9.36. The average Bonchev–Trinajstić information content (AvgIpc) is 3.36. The van der Waals surface area contributed by atoms with Crippen molar-refractivity contribution in [2.45, 2.75) is 32.2 Å². The van der Waals surface area contributed by atoms with Crippen LogP contribution in [0.5, 0.6) is 11.5 Å². The zero-order valence-electron chi connectivity index (χ0n) is 16.4. The normalized spacial score (nSPS) is 14.0. The lowest BCUT2D eigenvalue weighted by atomic mass is 10.1. The summed E-state index contributed by atoms with van der Waals surface area (Å²) >= 11 is 0. The summed E-state index contributed by atoms with van der Waals surface area (Å²) in [5.41, 5.74) is 1.13. The van der Waals surface area contributed by atoms with Crippen LogP contribution in [0, 0.1) is 5.92 Å². The van der Waals surface area contributed by atoms with Gasteiger partial charge >= 0.3 is 0 Å². The van der Waals surface area contributed by atoms with Crippen LogP contribution in [0.4, 0.5) is 5.82 Å². The number of nitrogens with one attached hydrogen (secondary N) is 2. The lowest BCUT2D eigenvalue weighted by Crippen LogP contribution is -2.23. The van der Waals surface area contributed by atoms with E-state index < -0.39 is 0 Å². The van der Waals surface area contributed by atoms with Gasteiger partial charge in [0.2, 0.25) is 5.91 Å². The summed E-state index contributed by atoms with van der Waals surface area (Å²) in [5.74, 6) is 1.49. The minimum absolute atomic E-state index is 0.00205. The molecule has 1 heterocycles. The molecule has 150 valence electrons. The van der Waals surface area contributed by atoms with Gasteiger partial charge in [0.1, 0.15) is 5.82 Å². The van der Waals surface area contributed by atoms with E-state index in [4.69, 9.17) is 9.47 Å². The van der Waals surface area contributed by atoms with Crippen molar-refractivity contribution in [3.63, 3.8) is 0 Å². The van der Waals surface area contributed by atoms with Crippen molar-refractivity contribution in [3.05, 3.63) is 35.5 Å². The second kappa shape index (κ2) is 8.77. The highest BCUT2D eigenvalue weighted by atomic mass is 16.5. The van der Waals surface area contributed by atoms with E-state index in [1.807, 2.05) is 12.1 Å². The van der Waals surface area contributed by atoms with Crippen molar-refractivity contribution >= 4 is 17.6 Å². The standard InChI is InChI=1S/C20H26N4O4/c1-24-18(22-19(25)14-6-4-5-7-14)11-15(23-24)20(26)21-12-13-8-9-16(27-2)17(10-13)28-3/h8-11,14H,4-7,12H2,1-3H3,(H,21,26)(H,22,25). The second-order valence-corrected chi connectivity index (χ2v) is 6.88. The average molecular weight is 386 g/mol. The molecule has 0 atom stereocenters. The lowest BCUT2D eigenvalue weighted by Gasteiger charge is -2.10. The zero-order valence-corrected chi connectivity index (χ0v) is 16.4. The van der Waals surface area contributed by atoms with Crippen LogP contribution in [0.25, 0.3) is 0 Å². The van der Waals surface area contributed by atoms with Gasteiger partial charge in [-0.1, -0.05) is 18.9 Å². The van der Waals surface area contributed by atoms with Gasteiger partial charge < -0.3 is 20.1 Å². The SMILES string of the molecule is COc1ccc(CNC(=O)c2cc(NC(=O)C3CCCC3)n(C)n2)cc1OC. The van der Waals surface area contributed by atoms with Crippen molar-refractivity contribution in [1.82, 2.24) is 15.1 Å². The van der Waals surface area contributed by atoms with Crippen LogP contribution in [0.3, 0.4) is 0 Å². The molecule has 2 aromatic rings. The molecule has 1 aliphatic rings. The van der Waals surface area contributed by atoms with Crippen molar-refractivity contribution in [3.8, 4) is 11.5 Å². The summed E-state index contributed by atoms with van der Waals surface area (Å²) in [7, 11) is 4.84. The van der Waals surface area contributed by atoms with Crippen molar-refractivity contribution in [2.75, 3.05) is 19.5 Å². The van der Waals surface area contributed by atoms with E-state index >= 15 is 0 Å². The molecule has 2 amide bonds. The van der Waals surface area contributed by atoms with Gasteiger partial charge in [0.25, 0.3) is 5.91 Å². The van der Waals surface area contributed by atoms with Gasteiger partial charge in [0.05, 0.1) is 14.2 Å². The van der Waals surface area contributed by atoms with Crippen LogP contribution in [0.1, 0.15) is 41.7 Å². The Kier molecular flexibility index (Phi) is 6.18. The molecule has 0 spiro atoms. The maximum atomic E-state index is 12.4. The van der Waals surface area contributed by atoms with Gasteiger partial charge in [0, 0.05) is 25.6 Å². The fourth-order valence-electron chi connectivity index (χ4n) is 3.37. The van der Waals surface area contributed by atoms with E-state index in [2.05, 4.69) is 15.7 Å². The predicted molar refractivity (Wildman–Crippen MR) is 105 cm³/mol. The van der Waals surface area contributed by atoms with Crippen LogP contribution in [0.15, 0.2) is 24.3 Å². The summed E-state index contributed by atoms with van der Waals surface area (Å²) in [6.45, 7) is 0.319. The van der Waals surface area contributed by atoms with E-state index in [0.29, 0.717) is 23.9 Å². The summed E-state index contributed by atoms with van der Waals surface area (Å²) in [6.07, 6.45) is 4.02. The van der Waals surface area contributed by atoms with E-state index in [1.54, 1.807) is 33.4 Å². The Hall–Kier alpha value is -3.03. The quantitative estimate of drug-likeness (QED) is 0.762. The molecular formula is C20H26N4O4. The highest BCUT2D eigenvalue weighted by molar-refractivity contribution is 5.96. The third-order valence-corrected chi connectivity index (χ3v) is 4.99. The van der Waals surface area contributed by atoms with Crippen LogP contribution in [-0.4, -0.2) is 35.8 Å². The van der Waals surface area contributed by atoms with Gasteiger partial charge in [-0.15, -0.1) is 0 Å². The Morgan fingerprint density at radius 3 is 2.54 bits per heavy atom. The minimum atomic E-state index is -0.313. The number of methoxy groups -OCH3 is 2. The van der Waals surface area contributed by atoms with Gasteiger partial charge in [-0.25, -0.2) is 0 Å². The molecule has 1 aromatic heterocycles. The minimum Gasteiger partial charge on any atom is -0.493 e. The molecule has 3 rings (SSSR count). The number of ether oxygens (including phenoxy) is 2.